The van der Waals surface area contributed by atoms with Gasteiger partial charge in [0.25, 0.3) is 5.91 Å². The van der Waals surface area contributed by atoms with E-state index >= 15 is 0 Å². The lowest BCUT2D eigenvalue weighted by atomic mass is 10.2. The molecule has 3 aromatic rings. The lowest BCUT2D eigenvalue weighted by Crippen LogP contribution is -2.12. The molecule has 0 atom stereocenters. The van der Waals surface area contributed by atoms with Crippen molar-refractivity contribution in [3.8, 4) is 0 Å². The molecular weight excluding hydrogens is 416 g/mol. The molecule has 0 spiro atoms. The molecule has 0 unspecified atom stereocenters. The third-order valence-corrected chi connectivity index (χ3v) is 5.37. The Kier molecular flexibility index (Phi) is 4.01. The maximum absolute atomic E-state index is 12.4. The Balaban J connectivity index is 1.98. The summed E-state index contributed by atoms with van der Waals surface area (Å²) in [6, 6.07) is 13.3. The topological polar surface area (TPSA) is 55.1 Å². The summed E-state index contributed by atoms with van der Waals surface area (Å²) < 4.78 is 2.79. The summed E-state index contributed by atoms with van der Waals surface area (Å²) in [7, 11) is 0. The fourth-order valence-electron chi connectivity index (χ4n) is 2.00. The molecule has 1 amide bonds. The van der Waals surface area contributed by atoms with Crippen molar-refractivity contribution in [3.05, 3.63) is 56.3 Å². The molecule has 3 N–H and O–H groups in total. The first-order valence-corrected chi connectivity index (χ1v) is 8.50. The van der Waals surface area contributed by atoms with Crippen LogP contribution in [0.4, 0.5) is 11.4 Å². The third kappa shape index (κ3) is 2.84. The minimum atomic E-state index is -0.197. The van der Waals surface area contributed by atoms with E-state index < -0.39 is 0 Å². The molecule has 0 radical (unpaired) electrons. The summed E-state index contributed by atoms with van der Waals surface area (Å²) >= 11 is 8.23. The van der Waals surface area contributed by atoms with E-state index in [1.165, 1.54) is 11.3 Å². The second kappa shape index (κ2) is 5.79. The van der Waals surface area contributed by atoms with E-state index in [1.54, 1.807) is 0 Å². The van der Waals surface area contributed by atoms with Crippen LogP contribution in [-0.2, 0) is 0 Å². The number of amides is 1. The number of hydrogen-bond donors (Lipinski definition) is 2. The number of carbonyl (C=O) groups excluding carboxylic acids is 1. The quantitative estimate of drug-likeness (QED) is 0.588. The van der Waals surface area contributed by atoms with E-state index in [0.29, 0.717) is 10.6 Å². The number of fused-ring (bicyclic) bond motifs is 1. The van der Waals surface area contributed by atoms with Crippen molar-refractivity contribution in [2.24, 2.45) is 0 Å². The van der Waals surface area contributed by atoms with Crippen molar-refractivity contribution < 1.29 is 4.79 Å². The van der Waals surface area contributed by atoms with Crippen molar-refractivity contribution in [2.75, 3.05) is 11.1 Å². The van der Waals surface area contributed by atoms with Gasteiger partial charge < -0.3 is 11.1 Å². The lowest BCUT2D eigenvalue weighted by Gasteiger charge is -2.06. The van der Waals surface area contributed by atoms with Crippen LogP contribution in [-0.4, -0.2) is 5.91 Å². The monoisotopic (exact) mass is 424 g/mol. The van der Waals surface area contributed by atoms with E-state index in [1.807, 2.05) is 42.5 Å². The molecule has 2 aromatic carbocycles. The van der Waals surface area contributed by atoms with Crippen LogP contribution in [0.2, 0.25) is 0 Å². The van der Waals surface area contributed by atoms with Crippen LogP contribution in [0.15, 0.2) is 51.4 Å². The van der Waals surface area contributed by atoms with Crippen molar-refractivity contribution in [2.45, 2.75) is 0 Å². The van der Waals surface area contributed by atoms with Gasteiger partial charge in [-0.3, -0.25) is 4.79 Å². The SMILES string of the molecule is Nc1c(C(=O)Nc2ccccc2Br)sc2cc(Br)ccc12. The average Bonchev–Trinajstić information content (AvgIpc) is 2.78. The highest BCUT2D eigenvalue weighted by atomic mass is 79.9. The third-order valence-electron chi connectivity index (χ3n) is 3.02. The number of carbonyl (C=O) groups is 1. The summed E-state index contributed by atoms with van der Waals surface area (Å²) in [5.74, 6) is -0.197. The van der Waals surface area contributed by atoms with E-state index in [2.05, 4.69) is 37.2 Å². The second-order valence-electron chi connectivity index (χ2n) is 4.42. The minimum absolute atomic E-state index is 0.197. The zero-order chi connectivity index (χ0) is 15.0. The number of anilines is 2. The van der Waals surface area contributed by atoms with E-state index in [-0.39, 0.29) is 5.91 Å². The fourth-order valence-corrected chi connectivity index (χ4v) is 3.95. The Morgan fingerprint density at radius 3 is 2.67 bits per heavy atom. The van der Waals surface area contributed by atoms with Gasteiger partial charge in [0.05, 0.1) is 11.4 Å². The molecule has 1 aromatic heterocycles. The Labute approximate surface area is 142 Å². The summed E-state index contributed by atoms with van der Waals surface area (Å²) in [6.07, 6.45) is 0. The average molecular weight is 426 g/mol. The lowest BCUT2D eigenvalue weighted by molar-refractivity contribution is 0.103. The molecule has 0 aliphatic rings. The molecule has 0 fully saturated rings. The number of rotatable bonds is 2. The molecule has 21 heavy (non-hydrogen) atoms. The van der Waals surface area contributed by atoms with Gasteiger partial charge in [-0.15, -0.1) is 11.3 Å². The first-order chi connectivity index (χ1) is 10.1. The van der Waals surface area contributed by atoms with Crippen LogP contribution >= 0.6 is 43.2 Å². The summed E-state index contributed by atoms with van der Waals surface area (Å²) in [4.78, 5) is 13.0. The van der Waals surface area contributed by atoms with Gasteiger partial charge in [0, 0.05) is 19.0 Å². The largest absolute Gasteiger partial charge is 0.397 e. The maximum atomic E-state index is 12.4. The normalized spacial score (nSPS) is 10.8. The van der Waals surface area contributed by atoms with E-state index in [9.17, 15) is 4.79 Å². The second-order valence-corrected chi connectivity index (χ2v) is 7.24. The number of nitrogens with one attached hydrogen (secondary N) is 1. The zero-order valence-electron chi connectivity index (χ0n) is 10.7. The smallest absolute Gasteiger partial charge is 0.267 e. The number of nitrogens with two attached hydrogens (primary N) is 1. The molecule has 0 aliphatic carbocycles. The van der Waals surface area contributed by atoms with Gasteiger partial charge in [0.2, 0.25) is 0 Å². The molecule has 0 aliphatic heterocycles. The minimum Gasteiger partial charge on any atom is -0.397 e. The molecule has 3 nitrogen and oxygen atoms in total. The van der Waals surface area contributed by atoms with Crippen molar-refractivity contribution in [1.82, 2.24) is 0 Å². The Hall–Kier alpha value is -1.37. The van der Waals surface area contributed by atoms with Crippen LogP contribution < -0.4 is 11.1 Å². The van der Waals surface area contributed by atoms with Gasteiger partial charge in [-0.1, -0.05) is 34.1 Å². The van der Waals surface area contributed by atoms with Crippen molar-refractivity contribution in [3.63, 3.8) is 0 Å². The number of thiophene rings is 1. The Morgan fingerprint density at radius 2 is 1.90 bits per heavy atom. The van der Waals surface area contributed by atoms with Gasteiger partial charge in [-0.05, 0) is 40.2 Å². The molecule has 3 rings (SSSR count). The van der Waals surface area contributed by atoms with Gasteiger partial charge in [0.15, 0.2) is 0 Å². The fraction of sp³-hybridized carbons (Fsp3) is 0. The van der Waals surface area contributed by atoms with Crippen molar-refractivity contribution >= 4 is 70.6 Å². The summed E-state index contributed by atoms with van der Waals surface area (Å²) in [5.41, 5.74) is 7.35. The number of benzene rings is 2. The first-order valence-electron chi connectivity index (χ1n) is 6.09. The number of hydrogen-bond acceptors (Lipinski definition) is 3. The highest BCUT2D eigenvalue weighted by Gasteiger charge is 2.17. The highest BCUT2D eigenvalue weighted by molar-refractivity contribution is 9.10. The maximum Gasteiger partial charge on any atom is 0.267 e. The highest BCUT2D eigenvalue weighted by Crippen LogP contribution is 2.36. The van der Waals surface area contributed by atoms with E-state index in [0.717, 1.165) is 24.7 Å². The van der Waals surface area contributed by atoms with Gasteiger partial charge in [-0.25, -0.2) is 0 Å². The Morgan fingerprint density at radius 1 is 1.14 bits per heavy atom. The van der Waals surface area contributed by atoms with Crippen LogP contribution in [0, 0.1) is 0 Å². The van der Waals surface area contributed by atoms with Gasteiger partial charge in [-0.2, -0.15) is 0 Å². The number of halogens is 2. The predicted octanol–water partition coefficient (Wildman–Crippen LogP) is 5.26. The number of para-hydroxylation sites is 1. The molecular formula is C15H10Br2N2OS. The molecule has 6 heteroatoms. The summed E-state index contributed by atoms with van der Waals surface area (Å²) in [6.45, 7) is 0. The molecule has 0 bridgehead atoms. The molecule has 1 heterocycles. The van der Waals surface area contributed by atoms with Crippen molar-refractivity contribution in [1.29, 1.82) is 0 Å². The standard InChI is InChI=1S/C15H10Br2N2OS/c16-8-5-6-9-12(7-8)21-14(13(9)18)15(20)19-11-4-2-1-3-10(11)17/h1-7H,18H2,(H,19,20). The van der Waals surface area contributed by atoms with Gasteiger partial charge >= 0.3 is 0 Å². The Bertz CT molecular complexity index is 845. The van der Waals surface area contributed by atoms with Crippen LogP contribution in [0.5, 0.6) is 0 Å². The van der Waals surface area contributed by atoms with E-state index in [4.69, 9.17) is 5.73 Å². The predicted molar refractivity (Wildman–Crippen MR) is 96.0 cm³/mol. The molecule has 106 valence electrons. The van der Waals surface area contributed by atoms with Gasteiger partial charge in [0.1, 0.15) is 4.88 Å². The van der Waals surface area contributed by atoms with Crippen LogP contribution in [0.3, 0.4) is 0 Å². The van der Waals surface area contributed by atoms with Crippen LogP contribution in [0.25, 0.3) is 10.1 Å². The number of nitrogen functional groups attached to an aromatic ring is 1. The molecule has 0 saturated heterocycles. The first kappa shape index (κ1) is 14.6. The van der Waals surface area contributed by atoms with Crippen LogP contribution in [0.1, 0.15) is 9.67 Å². The zero-order valence-corrected chi connectivity index (χ0v) is 14.7. The molecule has 0 saturated carbocycles. The summed E-state index contributed by atoms with van der Waals surface area (Å²) in [5, 5.41) is 3.78.